The van der Waals surface area contributed by atoms with Crippen LogP contribution in [0.5, 0.6) is 0 Å². The van der Waals surface area contributed by atoms with Gasteiger partial charge in [-0.15, -0.1) is 0 Å². The number of aromatic nitrogens is 1. The van der Waals surface area contributed by atoms with Crippen molar-refractivity contribution in [1.29, 1.82) is 0 Å². The Morgan fingerprint density at radius 1 is 1.00 bits per heavy atom. The van der Waals surface area contributed by atoms with Gasteiger partial charge in [0, 0.05) is 12.7 Å². The minimum absolute atomic E-state index is 0.230. The van der Waals surface area contributed by atoms with E-state index in [0.29, 0.717) is 5.52 Å². The second-order valence-corrected chi connectivity index (χ2v) is 6.26. The molecule has 134 valence electrons. The first-order valence-electron chi connectivity index (χ1n) is 8.17. The Labute approximate surface area is 151 Å². The molecule has 0 fully saturated rings. The molecule has 27 heavy (non-hydrogen) atoms. The minimum Gasteiger partial charge on any atom is -0.477 e. The van der Waals surface area contributed by atoms with Crippen molar-refractivity contribution in [2.75, 3.05) is 0 Å². The third-order valence-electron chi connectivity index (χ3n) is 4.51. The fraction of sp³-hybridized carbons (Fsp3) is 0.0476. The van der Waals surface area contributed by atoms with Crippen molar-refractivity contribution in [3.63, 3.8) is 0 Å². The Morgan fingerprint density at radius 3 is 2.52 bits per heavy atom. The lowest BCUT2D eigenvalue weighted by molar-refractivity contribution is 0.0695. The van der Waals surface area contributed by atoms with E-state index in [9.17, 15) is 23.5 Å². The summed E-state index contributed by atoms with van der Waals surface area (Å²) >= 11 is 0. The zero-order chi connectivity index (χ0) is 19.1. The average molecular weight is 365 g/mol. The summed E-state index contributed by atoms with van der Waals surface area (Å²) in [7, 11) is 0. The molecule has 0 unspecified atom stereocenters. The second-order valence-electron chi connectivity index (χ2n) is 6.26. The van der Waals surface area contributed by atoms with E-state index >= 15 is 0 Å². The van der Waals surface area contributed by atoms with Crippen LogP contribution in [0.4, 0.5) is 8.78 Å². The number of nitrogens with zero attached hydrogens (tertiary/aromatic N) is 1. The first kappa shape index (κ1) is 16.9. The van der Waals surface area contributed by atoms with Crippen molar-refractivity contribution >= 4 is 27.6 Å². The predicted molar refractivity (Wildman–Crippen MR) is 98.1 cm³/mol. The Morgan fingerprint density at radius 2 is 1.74 bits per heavy atom. The van der Waals surface area contributed by atoms with E-state index in [1.165, 1.54) is 29.0 Å². The molecule has 4 nitrogen and oxygen atoms in total. The lowest BCUT2D eigenvalue weighted by atomic mass is 10.1. The highest BCUT2D eigenvalue weighted by molar-refractivity contribution is 5.92. The van der Waals surface area contributed by atoms with Crippen LogP contribution >= 0.6 is 0 Å². The highest BCUT2D eigenvalue weighted by Crippen LogP contribution is 2.21. The third-order valence-corrected chi connectivity index (χ3v) is 4.51. The molecule has 0 amide bonds. The van der Waals surface area contributed by atoms with Gasteiger partial charge >= 0.3 is 5.97 Å². The number of carboxylic acids is 1. The van der Waals surface area contributed by atoms with Crippen molar-refractivity contribution in [3.05, 3.63) is 93.8 Å². The number of aromatic carboxylic acids is 1. The largest absolute Gasteiger partial charge is 0.477 e. The number of carbonyl (C=O) groups is 1. The van der Waals surface area contributed by atoms with Crippen LogP contribution in [-0.4, -0.2) is 15.6 Å². The molecule has 3 aromatic carbocycles. The number of carboxylic acid groups (broad SMARTS) is 1. The quantitative estimate of drug-likeness (QED) is 0.593. The fourth-order valence-corrected chi connectivity index (χ4v) is 3.24. The monoisotopic (exact) mass is 365 g/mol. The van der Waals surface area contributed by atoms with Crippen molar-refractivity contribution in [2.24, 2.45) is 0 Å². The van der Waals surface area contributed by atoms with Gasteiger partial charge < -0.3 is 9.67 Å². The third kappa shape index (κ3) is 2.95. The van der Waals surface area contributed by atoms with Crippen LogP contribution in [0.3, 0.4) is 0 Å². The molecule has 1 N–H and O–H groups in total. The summed E-state index contributed by atoms with van der Waals surface area (Å²) in [6, 6.07) is 14.0. The maximum Gasteiger partial charge on any atom is 0.341 e. The van der Waals surface area contributed by atoms with Gasteiger partial charge in [0.1, 0.15) is 17.2 Å². The van der Waals surface area contributed by atoms with E-state index in [2.05, 4.69) is 0 Å². The Balaban J connectivity index is 1.90. The zero-order valence-corrected chi connectivity index (χ0v) is 13.9. The van der Waals surface area contributed by atoms with Crippen LogP contribution in [0.1, 0.15) is 15.9 Å². The second kappa shape index (κ2) is 6.32. The lowest BCUT2D eigenvalue weighted by Gasteiger charge is -2.13. The van der Waals surface area contributed by atoms with Gasteiger partial charge in [0.25, 0.3) is 0 Å². The van der Waals surface area contributed by atoms with Gasteiger partial charge in [0.2, 0.25) is 5.43 Å². The van der Waals surface area contributed by atoms with Crippen molar-refractivity contribution in [3.8, 4) is 0 Å². The summed E-state index contributed by atoms with van der Waals surface area (Å²) in [6.07, 6.45) is 1.22. The normalized spacial score (nSPS) is 11.2. The molecule has 0 bridgehead atoms. The van der Waals surface area contributed by atoms with Crippen molar-refractivity contribution in [1.82, 2.24) is 4.57 Å². The van der Waals surface area contributed by atoms with Crippen LogP contribution in [0.25, 0.3) is 21.7 Å². The molecule has 1 aromatic heterocycles. The number of benzene rings is 3. The minimum atomic E-state index is -1.41. The Hall–Kier alpha value is -3.54. The van der Waals surface area contributed by atoms with Gasteiger partial charge in [-0.25, -0.2) is 13.6 Å². The molecule has 0 saturated carbocycles. The highest BCUT2D eigenvalue weighted by Gasteiger charge is 2.17. The van der Waals surface area contributed by atoms with Crippen LogP contribution in [0, 0.1) is 11.6 Å². The molecular formula is C21H13F2NO3. The molecule has 6 heteroatoms. The van der Waals surface area contributed by atoms with E-state index in [1.54, 1.807) is 24.3 Å². The fourth-order valence-electron chi connectivity index (χ4n) is 3.24. The average Bonchev–Trinajstić information content (AvgIpc) is 2.63. The summed E-state index contributed by atoms with van der Waals surface area (Å²) in [6.45, 7) is 0.230. The van der Waals surface area contributed by atoms with Gasteiger partial charge in [-0.2, -0.15) is 0 Å². The molecule has 0 atom stereocenters. The van der Waals surface area contributed by atoms with E-state index in [4.69, 9.17) is 0 Å². The SMILES string of the molecule is O=C(O)c1cn(Cc2ccc3cc(F)ccc3c2)c2cccc(F)c2c1=O. The van der Waals surface area contributed by atoms with E-state index in [1.807, 2.05) is 6.07 Å². The predicted octanol–water partition coefficient (Wildman–Crippen LogP) is 4.18. The molecule has 0 radical (unpaired) electrons. The van der Waals surface area contributed by atoms with Gasteiger partial charge in [-0.1, -0.05) is 24.3 Å². The van der Waals surface area contributed by atoms with Crippen LogP contribution < -0.4 is 5.43 Å². The summed E-state index contributed by atoms with van der Waals surface area (Å²) in [4.78, 5) is 23.7. The van der Waals surface area contributed by atoms with E-state index in [0.717, 1.165) is 22.4 Å². The first-order chi connectivity index (χ1) is 12.9. The van der Waals surface area contributed by atoms with Crippen LogP contribution in [0.15, 0.2) is 65.6 Å². The maximum atomic E-state index is 14.2. The number of hydrogen-bond donors (Lipinski definition) is 1. The number of halogens is 2. The zero-order valence-electron chi connectivity index (χ0n) is 13.9. The van der Waals surface area contributed by atoms with Gasteiger partial charge in [-0.05, 0) is 46.7 Å². The molecule has 0 aliphatic rings. The summed E-state index contributed by atoms with van der Waals surface area (Å²) in [5.74, 6) is -2.50. The standard InChI is InChI=1S/C21H13F2NO3/c22-15-7-6-13-8-12(4-5-14(13)9-15)10-24-11-16(21(26)27)20(25)19-17(23)2-1-3-18(19)24/h1-9,11H,10H2,(H,26,27). The number of hydrogen-bond acceptors (Lipinski definition) is 2. The molecule has 1 heterocycles. The summed E-state index contributed by atoms with van der Waals surface area (Å²) in [5.41, 5.74) is -0.222. The topological polar surface area (TPSA) is 59.3 Å². The highest BCUT2D eigenvalue weighted by atomic mass is 19.1. The van der Waals surface area contributed by atoms with E-state index < -0.39 is 22.8 Å². The molecule has 0 spiro atoms. The molecule has 4 aromatic rings. The maximum absolute atomic E-state index is 14.2. The summed E-state index contributed by atoms with van der Waals surface area (Å²) in [5, 5.41) is 10.6. The smallest absolute Gasteiger partial charge is 0.341 e. The molecule has 0 saturated heterocycles. The number of rotatable bonds is 3. The van der Waals surface area contributed by atoms with Gasteiger partial charge in [0.05, 0.1) is 10.9 Å². The molecule has 4 rings (SSSR count). The summed E-state index contributed by atoms with van der Waals surface area (Å²) < 4.78 is 29.1. The van der Waals surface area contributed by atoms with Crippen LogP contribution in [0.2, 0.25) is 0 Å². The van der Waals surface area contributed by atoms with Crippen molar-refractivity contribution in [2.45, 2.75) is 6.54 Å². The van der Waals surface area contributed by atoms with E-state index in [-0.39, 0.29) is 17.7 Å². The van der Waals surface area contributed by atoms with Crippen molar-refractivity contribution < 1.29 is 18.7 Å². The molecular weight excluding hydrogens is 352 g/mol. The Bertz CT molecular complexity index is 1280. The lowest BCUT2D eigenvalue weighted by Crippen LogP contribution is -2.20. The van der Waals surface area contributed by atoms with Gasteiger partial charge in [0.15, 0.2) is 0 Å². The van der Waals surface area contributed by atoms with Gasteiger partial charge in [-0.3, -0.25) is 4.79 Å². The first-order valence-corrected chi connectivity index (χ1v) is 8.17. The number of pyridine rings is 1. The molecule has 0 aliphatic carbocycles. The molecule has 0 aliphatic heterocycles. The number of fused-ring (bicyclic) bond motifs is 2. The van der Waals surface area contributed by atoms with Crippen LogP contribution in [-0.2, 0) is 6.54 Å². The Kier molecular flexibility index (Phi) is 3.96.